The van der Waals surface area contributed by atoms with Crippen molar-refractivity contribution in [2.24, 2.45) is 11.8 Å². The molecule has 0 aromatic heterocycles. The number of nitro benzene ring substituents is 1. The van der Waals surface area contributed by atoms with Gasteiger partial charge in [-0.05, 0) is 30.9 Å². The molecule has 0 amide bonds. The molecule has 1 fully saturated rings. The highest BCUT2D eigenvalue weighted by Gasteiger charge is 2.28. The van der Waals surface area contributed by atoms with Crippen LogP contribution in [0.1, 0.15) is 31.1 Å². The number of carbonyl (C=O) groups is 1. The number of hydrogen-bond donors (Lipinski definition) is 0. The lowest BCUT2D eigenvalue weighted by molar-refractivity contribution is -0.385. The summed E-state index contributed by atoms with van der Waals surface area (Å²) in [6.45, 7) is 7.52. The molecule has 1 saturated heterocycles. The summed E-state index contributed by atoms with van der Waals surface area (Å²) in [4.78, 5) is 24.1. The minimum Gasteiger partial charge on any atom is -0.371 e. The third kappa shape index (κ3) is 2.59. The van der Waals surface area contributed by atoms with Crippen LogP contribution in [0.2, 0.25) is 0 Å². The lowest BCUT2D eigenvalue weighted by Gasteiger charge is -2.18. The smallest absolute Gasteiger partial charge is 0.282 e. The van der Waals surface area contributed by atoms with Crippen LogP contribution in [0.3, 0.4) is 0 Å². The maximum Gasteiger partial charge on any atom is 0.282 e. The standard InChI is InChI=1S/C14H18N2O3/c1-9-7-15(8-10(9)2)12-4-5-13(11(3)17)14(6-12)16(18)19/h4-6,9-10H,7-8H2,1-3H3. The molecule has 1 aliphatic heterocycles. The van der Waals surface area contributed by atoms with E-state index in [0.717, 1.165) is 18.8 Å². The van der Waals surface area contributed by atoms with Crippen LogP contribution >= 0.6 is 0 Å². The molecule has 2 unspecified atom stereocenters. The zero-order valence-electron chi connectivity index (χ0n) is 11.4. The second-order valence-electron chi connectivity index (χ2n) is 5.37. The Balaban J connectivity index is 2.36. The predicted octanol–water partition coefficient (Wildman–Crippen LogP) is 2.89. The Labute approximate surface area is 112 Å². The Kier molecular flexibility index (Phi) is 3.55. The van der Waals surface area contributed by atoms with Crippen LogP contribution in [0.5, 0.6) is 0 Å². The van der Waals surface area contributed by atoms with Crippen LogP contribution in [0, 0.1) is 22.0 Å². The fraction of sp³-hybridized carbons (Fsp3) is 0.500. The number of benzene rings is 1. The van der Waals surface area contributed by atoms with E-state index >= 15 is 0 Å². The Morgan fingerprint density at radius 3 is 2.37 bits per heavy atom. The van der Waals surface area contributed by atoms with Gasteiger partial charge in [-0.25, -0.2) is 0 Å². The molecule has 102 valence electrons. The van der Waals surface area contributed by atoms with Crippen LogP contribution in [0.15, 0.2) is 18.2 Å². The van der Waals surface area contributed by atoms with Crippen LogP contribution < -0.4 is 4.90 Å². The summed E-state index contributed by atoms with van der Waals surface area (Å²) in [6, 6.07) is 4.87. The van der Waals surface area contributed by atoms with Crippen LogP contribution in [0.25, 0.3) is 0 Å². The molecule has 0 aliphatic carbocycles. The quantitative estimate of drug-likeness (QED) is 0.477. The van der Waals surface area contributed by atoms with E-state index in [4.69, 9.17) is 0 Å². The molecule has 1 aromatic rings. The van der Waals surface area contributed by atoms with Gasteiger partial charge >= 0.3 is 0 Å². The van der Waals surface area contributed by atoms with Crippen LogP contribution in [-0.4, -0.2) is 23.8 Å². The highest BCUT2D eigenvalue weighted by molar-refractivity contribution is 5.98. The molecule has 0 bridgehead atoms. The zero-order chi connectivity index (χ0) is 14.2. The largest absolute Gasteiger partial charge is 0.371 e. The summed E-state index contributed by atoms with van der Waals surface area (Å²) in [7, 11) is 0. The third-order valence-electron chi connectivity index (χ3n) is 3.91. The van der Waals surface area contributed by atoms with Crippen molar-refractivity contribution in [1.82, 2.24) is 0 Å². The van der Waals surface area contributed by atoms with Crippen molar-refractivity contribution in [3.8, 4) is 0 Å². The number of anilines is 1. The van der Waals surface area contributed by atoms with Gasteiger partial charge in [0.2, 0.25) is 0 Å². The fourth-order valence-electron chi connectivity index (χ4n) is 2.51. The van der Waals surface area contributed by atoms with E-state index in [9.17, 15) is 14.9 Å². The fourth-order valence-corrected chi connectivity index (χ4v) is 2.51. The lowest BCUT2D eigenvalue weighted by Crippen LogP contribution is -2.19. The maximum absolute atomic E-state index is 11.4. The number of nitrogens with zero attached hydrogens (tertiary/aromatic N) is 2. The Bertz CT molecular complexity index is 517. The van der Waals surface area contributed by atoms with Crippen molar-refractivity contribution >= 4 is 17.2 Å². The highest BCUT2D eigenvalue weighted by atomic mass is 16.6. The van der Waals surface area contributed by atoms with Crippen molar-refractivity contribution < 1.29 is 9.72 Å². The SMILES string of the molecule is CC(=O)c1ccc(N2CC(C)C(C)C2)cc1[N+](=O)[O-]. The van der Waals surface area contributed by atoms with Gasteiger partial charge in [0.1, 0.15) is 0 Å². The van der Waals surface area contributed by atoms with E-state index in [-0.39, 0.29) is 17.0 Å². The average molecular weight is 262 g/mol. The highest BCUT2D eigenvalue weighted by Crippen LogP contribution is 2.31. The number of rotatable bonds is 3. The van der Waals surface area contributed by atoms with E-state index in [1.807, 2.05) is 0 Å². The molecule has 5 nitrogen and oxygen atoms in total. The summed E-state index contributed by atoms with van der Waals surface area (Å²) in [5.41, 5.74) is 0.902. The van der Waals surface area contributed by atoms with Gasteiger partial charge in [0.25, 0.3) is 5.69 Å². The predicted molar refractivity (Wildman–Crippen MR) is 73.6 cm³/mol. The summed E-state index contributed by atoms with van der Waals surface area (Å²) >= 11 is 0. The van der Waals surface area contributed by atoms with Crippen LogP contribution in [-0.2, 0) is 0 Å². The van der Waals surface area contributed by atoms with Gasteiger partial charge in [-0.2, -0.15) is 0 Å². The summed E-state index contributed by atoms with van der Waals surface area (Å²) in [5, 5.41) is 11.1. The van der Waals surface area contributed by atoms with Gasteiger partial charge in [-0.1, -0.05) is 13.8 Å². The number of Topliss-reactive ketones (excluding diaryl/α,β-unsaturated/α-hetero) is 1. The normalized spacial score (nSPS) is 22.6. The minimum atomic E-state index is -0.483. The van der Waals surface area contributed by atoms with Gasteiger partial charge < -0.3 is 4.90 Å². The van der Waals surface area contributed by atoms with Crippen molar-refractivity contribution in [3.05, 3.63) is 33.9 Å². The van der Waals surface area contributed by atoms with Gasteiger partial charge in [0.15, 0.2) is 5.78 Å². The van der Waals surface area contributed by atoms with Gasteiger partial charge in [-0.15, -0.1) is 0 Å². The summed E-state index contributed by atoms with van der Waals surface area (Å²) in [6.07, 6.45) is 0. The third-order valence-corrected chi connectivity index (χ3v) is 3.91. The maximum atomic E-state index is 11.4. The molecule has 1 aromatic carbocycles. The van der Waals surface area contributed by atoms with Crippen molar-refractivity contribution in [2.45, 2.75) is 20.8 Å². The number of carbonyl (C=O) groups excluding carboxylic acids is 1. The second kappa shape index (κ2) is 4.99. The number of ketones is 1. The molecule has 0 N–H and O–H groups in total. The first-order valence-electron chi connectivity index (χ1n) is 6.44. The molecule has 0 spiro atoms. The minimum absolute atomic E-state index is 0.0998. The number of hydrogen-bond acceptors (Lipinski definition) is 4. The zero-order valence-corrected chi connectivity index (χ0v) is 11.4. The van der Waals surface area contributed by atoms with Crippen molar-refractivity contribution in [2.75, 3.05) is 18.0 Å². The Hall–Kier alpha value is -1.91. The molecule has 5 heteroatoms. The number of nitro groups is 1. The van der Waals surface area contributed by atoms with E-state index in [1.165, 1.54) is 13.0 Å². The second-order valence-corrected chi connectivity index (χ2v) is 5.37. The van der Waals surface area contributed by atoms with Crippen LogP contribution in [0.4, 0.5) is 11.4 Å². The average Bonchev–Trinajstić information content (AvgIpc) is 2.68. The first-order chi connectivity index (χ1) is 8.90. The van der Waals surface area contributed by atoms with E-state index in [2.05, 4.69) is 18.7 Å². The first kappa shape index (κ1) is 13.5. The molecule has 0 radical (unpaired) electrons. The van der Waals surface area contributed by atoms with E-state index in [0.29, 0.717) is 11.8 Å². The molecule has 2 atom stereocenters. The van der Waals surface area contributed by atoms with E-state index in [1.54, 1.807) is 12.1 Å². The van der Waals surface area contributed by atoms with Gasteiger partial charge in [0.05, 0.1) is 10.5 Å². The van der Waals surface area contributed by atoms with Gasteiger partial charge in [0, 0.05) is 24.8 Å². The van der Waals surface area contributed by atoms with Gasteiger partial charge in [-0.3, -0.25) is 14.9 Å². The summed E-state index contributed by atoms with van der Waals surface area (Å²) < 4.78 is 0. The molecule has 19 heavy (non-hydrogen) atoms. The molecule has 0 saturated carbocycles. The monoisotopic (exact) mass is 262 g/mol. The topological polar surface area (TPSA) is 63.5 Å². The molecular weight excluding hydrogens is 244 g/mol. The first-order valence-corrected chi connectivity index (χ1v) is 6.44. The molecule has 1 aliphatic rings. The Morgan fingerprint density at radius 1 is 1.32 bits per heavy atom. The molecular formula is C14H18N2O3. The Morgan fingerprint density at radius 2 is 1.89 bits per heavy atom. The van der Waals surface area contributed by atoms with E-state index < -0.39 is 4.92 Å². The molecule has 2 rings (SSSR count). The van der Waals surface area contributed by atoms with Crippen molar-refractivity contribution in [3.63, 3.8) is 0 Å². The summed E-state index contributed by atoms with van der Waals surface area (Å²) in [5.74, 6) is 0.875. The lowest BCUT2D eigenvalue weighted by atomic mass is 10.0. The van der Waals surface area contributed by atoms with Crippen molar-refractivity contribution in [1.29, 1.82) is 0 Å². The molecule has 1 heterocycles.